The van der Waals surface area contributed by atoms with Gasteiger partial charge in [-0.25, -0.2) is 0 Å². The van der Waals surface area contributed by atoms with Gasteiger partial charge in [-0.2, -0.15) is 0 Å². The van der Waals surface area contributed by atoms with Gasteiger partial charge < -0.3 is 14.5 Å². The third kappa shape index (κ3) is 3.77. The summed E-state index contributed by atoms with van der Waals surface area (Å²) in [6.07, 6.45) is 1.15. The molecule has 0 saturated carbocycles. The van der Waals surface area contributed by atoms with E-state index in [1.807, 2.05) is 6.07 Å². The summed E-state index contributed by atoms with van der Waals surface area (Å²) in [4.78, 5) is 0. The summed E-state index contributed by atoms with van der Waals surface area (Å²) in [6, 6.07) is 29.9. The van der Waals surface area contributed by atoms with Gasteiger partial charge in [0.2, 0.25) is 0 Å². The fourth-order valence-corrected chi connectivity index (χ4v) is 4.95. The molecule has 2 heterocycles. The number of hydrogen-bond donors (Lipinski definition) is 1. The number of piperidine rings is 1. The van der Waals surface area contributed by atoms with E-state index in [0.29, 0.717) is 12.5 Å². The number of benzene rings is 4. The lowest BCUT2D eigenvalue weighted by Crippen LogP contribution is -2.41. The lowest BCUT2D eigenvalue weighted by molar-refractivity contribution is 0.0108. The number of para-hydroxylation sites is 2. The monoisotopic (exact) mass is 443 g/mol. The molecule has 0 amide bonds. The zero-order chi connectivity index (χ0) is 20.6. The maximum Gasteiger partial charge on any atom is 0.138 e. The van der Waals surface area contributed by atoms with Crippen LogP contribution < -0.4 is 5.32 Å². The Balaban J connectivity index is 0.00000216. The molecular weight excluding hydrogens is 418 g/mol. The number of fused-ring (bicyclic) bond motifs is 4. The average Bonchev–Trinajstić information content (AvgIpc) is 3.22. The van der Waals surface area contributed by atoms with Crippen molar-refractivity contribution in [2.24, 2.45) is 0 Å². The van der Waals surface area contributed by atoms with E-state index < -0.39 is 0 Å². The predicted molar refractivity (Wildman–Crippen MR) is 134 cm³/mol. The molecule has 5 aromatic rings. The van der Waals surface area contributed by atoms with Gasteiger partial charge in [-0.15, -0.1) is 12.4 Å². The van der Waals surface area contributed by atoms with Crippen molar-refractivity contribution in [1.82, 2.24) is 5.32 Å². The van der Waals surface area contributed by atoms with Gasteiger partial charge in [-0.05, 0) is 41.4 Å². The number of nitrogens with one attached hydrogen (secondary N) is 1. The molecule has 4 aromatic carbocycles. The molecule has 2 unspecified atom stereocenters. The van der Waals surface area contributed by atoms with Crippen molar-refractivity contribution in [1.29, 1.82) is 0 Å². The molecule has 0 spiro atoms. The van der Waals surface area contributed by atoms with Gasteiger partial charge in [0.15, 0.2) is 0 Å². The molecule has 0 aliphatic carbocycles. The van der Waals surface area contributed by atoms with E-state index in [1.54, 1.807) is 0 Å². The summed E-state index contributed by atoms with van der Waals surface area (Å²) < 4.78 is 12.8. The summed E-state index contributed by atoms with van der Waals surface area (Å²) in [5, 5.41) is 8.42. The molecule has 1 N–H and O–H groups in total. The third-order valence-electron chi connectivity index (χ3n) is 6.54. The van der Waals surface area contributed by atoms with E-state index in [1.165, 1.54) is 32.7 Å². The summed E-state index contributed by atoms with van der Waals surface area (Å²) in [6.45, 7) is 2.47. The van der Waals surface area contributed by atoms with E-state index in [0.717, 1.165) is 30.7 Å². The van der Waals surface area contributed by atoms with Crippen LogP contribution in [0.3, 0.4) is 0 Å². The van der Waals surface area contributed by atoms with E-state index >= 15 is 0 Å². The Morgan fingerprint density at radius 1 is 0.844 bits per heavy atom. The molecule has 1 aromatic heterocycles. The van der Waals surface area contributed by atoms with Gasteiger partial charge in [-0.1, -0.05) is 72.8 Å². The predicted octanol–water partition coefficient (Wildman–Crippen LogP) is 6.82. The Labute approximate surface area is 193 Å². The SMILES string of the molecule is Cl.c1ccc2cc(COC3CNCCC3c3cccc4c3oc3ccccc34)ccc2c1. The highest BCUT2D eigenvalue weighted by Crippen LogP contribution is 2.37. The number of hydrogen-bond acceptors (Lipinski definition) is 3. The van der Waals surface area contributed by atoms with Crippen molar-refractivity contribution in [3.05, 3.63) is 96.1 Å². The summed E-state index contributed by atoms with van der Waals surface area (Å²) in [5.74, 6) is 0.311. The molecule has 1 aliphatic heterocycles. The van der Waals surface area contributed by atoms with Gasteiger partial charge in [0.25, 0.3) is 0 Å². The standard InChI is InChI=1S/C28H25NO2.ClH/c1-2-7-21-16-19(12-13-20(21)6-1)18-30-27-17-29-15-14-23(27)25-10-5-9-24-22-8-3-4-11-26(22)31-28(24)25;/h1-13,16,23,27,29H,14-15,17-18H2;1H. The lowest BCUT2D eigenvalue weighted by atomic mass is 9.86. The van der Waals surface area contributed by atoms with Crippen LogP contribution in [-0.4, -0.2) is 19.2 Å². The second-order valence-corrected chi connectivity index (χ2v) is 8.45. The van der Waals surface area contributed by atoms with E-state index in [9.17, 15) is 0 Å². The van der Waals surface area contributed by atoms with Crippen LogP contribution in [0.4, 0.5) is 0 Å². The van der Waals surface area contributed by atoms with Crippen LogP contribution in [0.2, 0.25) is 0 Å². The van der Waals surface area contributed by atoms with Crippen LogP contribution in [0.25, 0.3) is 32.7 Å². The molecule has 162 valence electrons. The first-order valence-corrected chi connectivity index (χ1v) is 11.1. The molecule has 0 bridgehead atoms. The molecule has 1 saturated heterocycles. The Bertz CT molecular complexity index is 1380. The number of furan rings is 1. The molecule has 0 radical (unpaired) electrons. The zero-order valence-corrected chi connectivity index (χ0v) is 18.6. The van der Waals surface area contributed by atoms with Gasteiger partial charge >= 0.3 is 0 Å². The highest BCUT2D eigenvalue weighted by atomic mass is 35.5. The van der Waals surface area contributed by atoms with E-state index in [4.69, 9.17) is 9.15 Å². The second-order valence-electron chi connectivity index (χ2n) is 8.45. The average molecular weight is 444 g/mol. The zero-order valence-electron chi connectivity index (χ0n) is 17.8. The molecule has 4 heteroatoms. The second kappa shape index (κ2) is 8.95. The van der Waals surface area contributed by atoms with E-state index in [-0.39, 0.29) is 18.5 Å². The Morgan fingerprint density at radius 2 is 1.66 bits per heavy atom. The minimum atomic E-state index is 0. The van der Waals surface area contributed by atoms with Crippen LogP contribution in [0, 0.1) is 0 Å². The number of ether oxygens (including phenoxy) is 1. The van der Waals surface area contributed by atoms with Gasteiger partial charge in [0.05, 0.1) is 12.7 Å². The van der Waals surface area contributed by atoms with Crippen LogP contribution in [0.5, 0.6) is 0 Å². The largest absolute Gasteiger partial charge is 0.456 e. The minimum absolute atomic E-state index is 0. The first-order valence-electron chi connectivity index (χ1n) is 11.1. The highest BCUT2D eigenvalue weighted by Gasteiger charge is 2.29. The maximum absolute atomic E-state index is 6.50. The summed E-state index contributed by atoms with van der Waals surface area (Å²) >= 11 is 0. The molecule has 1 fully saturated rings. The first kappa shape index (κ1) is 21.0. The molecule has 1 aliphatic rings. The van der Waals surface area contributed by atoms with Crippen LogP contribution in [0.1, 0.15) is 23.5 Å². The third-order valence-corrected chi connectivity index (χ3v) is 6.54. The fraction of sp³-hybridized carbons (Fsp3) is 0.214. The van der Waals surface area contributed by atoms with Crippen molar-refractivity contribution in [2.45, 2.75) is 25.0 Å². The van der Waals surface area contributed by atoms with Crippen LogP contribution >= 0.6 is 12.4 Å². The van der Waals surface area contributed by atoms with Gasteiger partial charge in [-0.3, -0.25) is 0 Å². The van der Waals surface area contributed by atoms with Gasteiger partial charge in [0, 0.05) is 28.8 Å². The Morgan fingerprint density at radius 3 is 2.59 bits per heavy atom. The number of halogens is 1. The highest BCUT2D eigenvalue weighted by molar-refractivity contribution is 6.05. The minimum Gasteiger partial charge on any atom is -0.456 e. The topological polar surface area (TPSA) is 34.4 Å². The fourth-order valence-electron chi connectivity index (χ4n) is 4.95. The van der Waals surface area contributed by atoms with Crippen LogP contribution in [-0.2, 0) is 11.3 Å². The van der Waals surface area contributed by atoms with Crippen molar-refractivity contribution in [3.63, 3.8) is 0 Å². The Hall–Kier alpha value is -2.85. The van der Waals surface area contributed by atoms with Crippen molar-refractivity contribution < 1.29 is 9.15 Å². The lowest BCUT2D eigenvalue weighted by Gasteiger charge is -2.32. The smallest absolute Gasteiger partial charge is 0.138 e. The van der Waals surface area contributed by atoms with Crippen molar-refractivity contribution >= 4 is 45.1 Å². The van der Waals surface area contributed by atoms with Gasteiger partial charge in [0.1, 0.15) is 11.2 Å². The summed E-state index contributed by atoms with van der Waals surface area (Å²) in [7, 11) is 0. The molecule has 2 atom stereocenters. The molecular formula is C28H26ClNO2. The first-order chi connectivity index (χ1) is 15.4. The quantitative estimate of drug-likeness (QED) is 0.331. The van der Waals surface area contributed by atoms with Crippen molar-refractivity contribution in [3.8, 4) is 0 Å². The summed E-state index contributed by atoms with van der Waals surface area (Å²) in [5.41, 5.74) is 4.44. The Kier molecular flexibility index (Phi) is 5.88. The van der Waals surface area contributed by atoms with Crippen molar-refractivity contribution in [2.75, 3.05) is 13.1 Å². The number of rotatable bonds is 4. The normalized spacial score (nSPS) is 18.8. The molecule has 32 heavy (non-hydrogen) atoms. The maximum atomic E-state index is 6.50. The van der Waals surface area contributed by atoms with Crippen LogP contribution in [0.15, 0.2) is 89.3 Å². The molecule has 6 rings (SSSR count). The molecule has 3 nitrogen and oxygen atoms in total. The van der Waals surface area contributed by atoms with E-state index in [2.05, 4.69) is 84.2 Å².